The van der Waals surface area contributed by atoms with Crippen molar-refractivity contribution in [1.82, 2.24) is 9.55 Å². The zero-order valence-electron chi connectivity index (χ0n) is 13.1. The molecule has 130 valence electrons. The maximum atomic E-state index is 12.7. The van der Waals surface area contributed by atoms with Crippen molar-refractivity contribution in [3.8, 4) is 0 Å². The second-order valence-electron chi connectivity index (χ2n) is 5.64. The predicted octanol–water partition coefficient (Wildman–Crippen LogP) is 3.07. The molecule has 2 aromatic heterocycles. The Morgan fingerprint density at radius 3 is 2.72 bits per heavy atom. The minimum absolute atomic E-state index is 0.0585. The molecule has 0 saturated heterocycles. The number of rotatable bonds is 3. The van der Waals surface area contributed by atoms with Gasteiger partial charge in [-0.3, -0.25) is 9.59 Å². The highest BCUT2D eigenvalue weighted by Gasteiger charge is 2.31. The van der Waals surface area contributed by atoms with Gasteiger partial charge in [-0.1, -0.05) is 18.2 Å². The van der Waals surface area contributed by atoms with Gasteiger partial charge in [0, 0.05) is 30.3 Å². The number of aryl methyl sites for hydroxylation is 1. The fourth-order valence-corrected chi connectivity index (χ4v) is 2.67. The molecule has 0 aliphatic carbocycles. The van der Waals surface area contributed by atoms with Crippen LogP contribution < -0.4 is 10.9 Å². The summed E-state index contributed by atoms with van der Waals surface area (Å²) >= 11 is 0. The number of nitrogens with one attached hydrogen (secondary N) is 2. The monoisotopic (exact) mass is 349 g/mol. The third kappa shape index (κ3) is 3.42. The second kappa shape index (κ2) is 6.12. The van der Waals surface area contributed by atoms with Gasteiger partial charge in [0.2, 0.25) is 5.91 Å². The molecule has 25 heavy (non-hydrogen) atoms. The first-order chi connectivity index (χ1) is 11.8. The van der Waals surface area contributed by atoms with Crippen LogP contribution in [-0.2, 0) is 24.4 Å². The Morgan fingerprint density at radius 2 is 2.00 bits per heavy atom. The Bertz CT molecular complexity index is 1000. The Balaban J connectivity index is 1.84. The number of nitrogens with zero attached hydrogens (tertiary/aromatic N) is 1. The van der Waals surface area contributed by atoms with Crippen LogP contribution in [0.15, 0.2) is 47.5 Å². The van der Waals surface area contributed by atoms with Crippen molar-refractivity contribution in [2.45, 2.75) is 12.6 Å². The summed E-state index contributed by atoms with van der Waals surface area (Å²) < 4.78 is 40.0. The molecule has 0 atom stereocenters. The number of hydrogen-bond acceptors (Lipinski definition) is 2. The second-order valence-corrected chi connectivity index (χ2v) is 5.64. The van der Waals surface area contributed by atoms with Gasteiger partial charge < -0.3 is 14.9 Å². The van der Waals surface area contributed by atoms with Crippen molar-refractivity contribution < 1.29 is 18.0 Å². The van der Waals surface area contributed by atoms with Crippen molar-refractivity contribution in [2.24, 2.45) is 7.05 Å². The number of anilines is 1. The molecule has 1 aromatic carbocycles. The van der Waals surface area contributed by atoms with E-state index in [-0.39, 0.29) is 6.42 Å². The fraction of sp³-hybridized carbons (Fsp3) is 0.176. The Labute approximate surface area is 140 Å². The van der Waals surface area contributed by atoms with E-state index in [4.69, 9.17) is 0 Å². The van der Waals surface area contributed by atoms with Crippen LogP contribution in [0.3, 0.4) is 0 Å². The molecule has 0 fully saturated rings. The summed E-state index contributed by atoms with van der Waals surface area (Å²) in [7, 11) is 1.83. The number of pyridine rings is 1. The molecule has 0 bridgehead atoms. The van der Waals surface area contributed by atoms with Crippen molar-refractivity contribution in [3.63, 3.8) is 0 Å². The van der Waals surface area contributed by atoms with Crippen molar-refractivity contribution in [1.29, 1.82) is 0 Å². The molecule has 5 nitrogen and oxygen atoms in total. The number of fused-ring (bicyclic) bond motifs is 1. The number of para-hydroxylation sites is 1. The smallest absolute Gasteiger partial charge is 0.350 e. The standard InChI is InChI=1S/C17H14F3N3O2/c1-23-9-10(12-4-2-3-5-14(12)23)6-15(24)22-13-7-11(17(18,19)20)8-21-16(13)25/h2-5,7-9H,6H2,1H3,(H,21,25)(H,22,24). The molecule has 0 aliphatic heterocycles. The number of benzene rings is 1. The fourth-order valence-electron chi connectivity index (χ4n) is 2.67. The number of amides is 1. The number of H-pyrrole nitrogens is 1. The van der Waals surface area contributed by atoms with Gasteiger partial charge in [0.25, 0.3) is 5.56 Å². The minimum Gasteiger partial charge on any atom is -0.350 e. The maximum absolute atomic E-state index is 12.7. The van der Waals surface area contributed by atoms with Crippen LogP contribution in [0, 0.1) is 0 Å². The number of hydrogen-bond donors (Lipinski definition) is 2. The molecule has 3 rings (SSSR count). The quantitative estimate of drug-likeness (QED) is 0.763. The molecule has 2 N–H and O–H groups in total. The number of carbonyl (C=O) groups excluding carboxylic acids is 1. The molecule has 0 spiro atoms. The molecule has 2 heterocycles. The molecule has 1 amide bonds. The number of carbonyl (C=O) groups is 1. The highest BCUT2D eigenvalue weighted by atomic mass is 19.4. The van der Waals surface area contributed by atoms with E-state index in [1.165, 1.54) is 0 Å². The first kappa shape index (κ1) is 16.8. The molecule has 0 aliphatic rings. The van der Waals surface area contributed by atoms with Gasteiger partial charge in [-0.05, 0) is 17.7 Å². The zero-order valence-corrected chi connectivity index (χ0v) is 13.1. The number of halogens is 3. The third-order valence-corrected chi connectivity index (χ3v) is 3.84. The van der Waals surface area contributed by atoms with E-state index in [1.54, 1.807) is 6.20 Å². The molecule has 3 aromatic rings. The van der Waals surface area contributed by atoms with Crippen LogP contribution in [-0.4, -0.2) is 15.5 Å². The lowest BCUT2D eigenvalue weighted by molar-refractivity contribution is -0.137. The van der Waals surface area contributed by atoms with E-state index < -0.39 is 28.9 Å². The first-order valence-electron chi connectivity index (χ1n) is 7.38. The van der Waals surface area contributed by atoms with Gasteiger partial charge in [0.1, 0.15) is 5.69 Å². The highest BCUT2D eigenvalue weighted by molar-refractivity contribution is 5.95. The molecular formula is C17H14F3N3O2. The average molecular weight is 349 g/mol. The van der Waals surface area contributed by atoms with Gasteiger partial charge in [-0.2, -0.15) is 13.2 Å². The van der Waals surface area contributed by atoms with Crippen molar-refractivity contribution in [3.05, 3.63) is 64.2 Å². The number of aromatic nitrogens is 2. The molecule has 8 heteroatoms. The van der Waals surface area contributed by atoms with Gasteiger partial charge >= 0.3 is 6.18 Å². The summed E-state index contributed by atoms with van der Waals surface area (Å²) in [4.78, 5) is 25.8. The minimum atomic E-state index is -4.61. The van der Waals surface area contributed by atoms with E-state index in [9.17, 15) is 22.8 Å². The zero-order chi connectivity index (χ0) is 18.2. The SMILES string of the molecule is Cn1cc(CC(=O)Nc2cc(C(F)(F)F)c[nH]c2=O)c2ccccc21. The van der Waals surface area contributed by atoms with Crippen LogP contribution in [0.2, 0.25) is 0 Å². The van der Waals surface area contributed by atoms with E-state index >= 15 is 0 Å². The maximum Gasteiger partial charge on any atom is 0.417 e. The molecule has 0 radical (unpaired) electrons. The van der Waals surface area contributed by atoms with Gasteiger partial charge in [-0.15, -0.1) is 0 Å². The van der Waals surface area contributed by atoms with Crippen molar-refractivity contribution in [2.75, 3.05) is 5.32 Å². The summed E-state index contributed by atoms with van der Waals surface area (Å²) in [6.45, 7) is 0. The third-order valence-electron chi connectivity index (χ3n) is 3.84. The van der Waals surface area contributed by atoms with Crippen LogP contribution in [0.25, 0.3) is 10.9 Å². The lowest BCUT2D eigenvalue weighted by atomic mass is 10.1. The van der Waals surface area contributed by atoms with Crippen molar-refractivity contribution >= 4 is 22.5 Å². The Hall–Kier alpha value is -3.03. The molecule has 0 saturated carbocycles. The van der Waals surface area contributed by atoms with Gasteiger partial charge in [-0.25, -0.2) is 0 Å². The predicted molar refractivity (Wildman–Crippen MR) is 87.3 cm³/mol. The van der Waals surface area contributed by atoms with E-state index in [1.807, 2.05) is 40.9 Å². The van der Waals surface area contributed by atoms with Gasteiger partial charge in [0.05, 0.1) is 12.0 Å². The summed E-state index contributed by atoms with van der Waals surface area (Å²) in [5, 5.41) is 3.13. The first-order valence-corrected chi connectivity index (χ1v) is 7.38. The van der Waals surface area contributed by atoms with Crippen LogP contribution in [0.5, 0.6) is 0 Å². The van der Waals surface area contributed by atoms with Crippen LogP contribution in [0.1, 0.15) is 11.1 Å². The average Bonchev–Trinajstić information content (AvgIpc) is 2.85. The summed E-state index contributed by atoms with van der Waals surface area (Å²) in [6, 6.07) is 8.08. The number of alkyl halides is 3. The van der Waals surface area contributed by atoms with E-state index in [2.05, 4.69) is 5.32 Å². The van der Waals surface area contributed by atoms with E-state index in [0.717, 1.165) is 16.5 Å². The largest absolute Gasteiger partial charge is 0.417 e. The lowest BCUT2D eigenvalue weighted by Crippen LogP contribution is -2.22. The Morgan fingerprint density at radius 1 is 1.28 bits per heavy atom. The topological polar surface area (TPSA) is 66.9 Å². The number of aromatic amines is 1. The Kier molecular flexibility index (Phi) is 4.12. The normalized spacial score (nSPS) is 11.7. The molecular weight excluding hydrogens is 335 g/mol. The highest BCUT2D eigenvalue weighted by Crippen LogP contribution is 2.29. The summed E-state index contributed by atoms with van der Waals surface area (Å²) in [6.07, 6.45) is -2.32. The molecule has 0 unspecified atom stereocenters. The summed E-state index contributed by atoms with van der Waals surface area (Å²) in [5.41, 5.74) is -0.604. The van der Waals surface area contributed by atoms with E-state index in [0.29, 0.717) is 12.3 Å². The summed E-state index contributed by atoms with van der Waals surface area (Å²) in [5.74, 6) is -0.568. The lowest BCUT2D eigenvalue weighted by Gasteiger charge is -2.09. The van der Waals surface area contributed by atoms with Gasteiger partial charge in [0.15, 0.2) is 0 Å². The van der Waals surface area contributed by atoms with Crippen LogP contribution >= 0.6 is 0 Å². The van der Waals surface area contributed by atoms with Crippen LogP contribution in [0.4, 0.5) is 18.9 Å².